The summed E-state index contributed by atoms with van der Waals surface area (Å²) in [5.41, 5.74) is -2.19. The lowest BCUT2D eigenvalue weighted by atomic mass is 10.1. The standard InChI is InChI=1S/C8H5BrF2N2O4/c9-7-3(1-5(14)15)6(8(10)11)4(2-12-7)13(16)17/h2,8H,1H2,(H,14,15). The molecule has 0 aliphatic rings. The van der Waals surface area contributed by atoms with E-state index in [2.05, 4.69) is 20.9 Å². The molecule has 92 valence electrons. The van der Waals surface area contributed by atoms with E-state index in [1.165, 1.54) is 0 Å². The molecule has 1 rings (SSSR count). The van der Waals surface area contributed by atoms with Gasteiger partial charge in [-0.15, -0.1) is 0 Å². The molecular formula is C8H5BrF2N2O4. The number of carbonyl (C=O) groups is 1. The lowest BCUT2D eigenvalue weighted by Gasteiger charge is -2.08. The third kappa shape index (κ3) is 2.93. The second kappa shape index (κ2) is 5.13. The summed E-state index contributed by atoms with van der Waals surface area (Å²) < 4.78 is 25.3. The van der Waals surface area contributed by atoms with Crippen molar-refractivity contribution in [2.45, 2.75) is 12.8 Å². The number of aromatic nitrogens is 1. The number of pyridine rings is 1. The van der Waals surface area contributed by atoms with Crippen molar-refractivity contribution in [3.63, 3.8) is 0 Å². The Kier molecular flexibility index (Phi) is 4.05. The zero-order chi connectivity index (χ0) is 13.2. The topological polar surface area (TPSA) is 93.3 Å². The van der Waals surface area contributed by atoms with E-state index in [-0.39, 0.29) is 10.2 Å². The van der Waals surface area contributed by atoms with Gasteiger partial charge in [-0.1, -0.05) is 0 Å². The second-order valence-electron chi connectivity index (χ2n) is 2.95. The molecule has 6 nitrogen and oxygen atoms in total. The van der Waals surface area contributed by atoms with Gasteiger partial charge in [0.2, 0.25) is 0 Å². The van der Waals surface area contributed by atoms with Crippen LogP contribution < -0.4 is 0 Å². The van der Waals surface area contributed by atoms with Crippen LogP contribution in [0.2, 0.25) is 0 Å². The van der Waals surface area contributed by atoms with Crippen molar-refractivity contribution in [1.29, 1.82) is 0 Å². The van der Waals surface area contributed by atoms with Gasteiger partial charge in [0.1, 0.15) is 16.4 Å². The average molecular weight is 311 g/mol. The molecule has 0 bridgehead atoms. The van der Waals surface area contributed by atoms with Crippen LogP contribution in [0.25, 0.3) is 0 Å². The minimum atomic E-state index is -3.15. The first-order chi connectivity index (χ1) is 7.84. The number of rotatable bonds is 4. The van der Waals surface area contributed by atoms with E-state index in [4.69, 9.17) is 5.11 Å². The summed E-state index contributed by atoms with van der Waals surface area (Å²) in [6.07, 6.45) is -3.25. The second-order valence-corrected chi connectivity index (χ2v) is 3.71. The number of carboxylic acids is 1. The molecule has 9 heteroatoms. The molecule has 0 aliphatic carbocycles. The van der Waals surface area contributed by atoms with Gasteiger partial charge in [0.25, 0.3) is 12.1 Å². The molecule has 17 heavy (non-hydrogen) atoms. The first-order valence-corrected chi connectivity index (χ1v) is 4.95. The van der Waals surface area contributed by atoms with Crippen LogP contribution in [-0.4, -0.2) is 21.0 Å². The van der Waals surface area contributed by atoms with Gasteiger partial charge in [-0.25, -0.2) is 13.8 Å². The minimum Gasteiger partial charge on any atom is -0.481 e. The Morgan fingerprint density at radius 1 is 1.65 bits per heavy atom. The molecule has 0 saturated carbocycles. The maximum Gasteiger partial charge on any atom is 0.307 e. The first kappa shape index (κ1) is 13.4. The van der Waals surface area contributed by atoms with E-state index in [9.17, 15) is 23.7 Å². The summed E-state index contributed by atoms with van der Waals surface area (Å²) in [7, 11) is 0. The summed E-state index contributed by atoms with van der Waals surface area (Å²) in [5.74, 6) is -1.38. The lowest BCUT2D eigenvalue weighted by molar-refractivity contribution is -0.386. The molecule has 0 radical (unpaired) electrons. The Balaban J connectivity index is 3.48. The zero-order valence-corrected chi connectivity index (χ0v) is 9.65. The lowest BCUT2D eigenvalue weighted by Crippen LogP contribution is -2.09. The van der Waals surface area contributed by atoms with Crippen LogP contribution in [0, 0.1) is 10.1 Å². The number of hydrogen-bond acceptors (Lipinski definition) is 4. The van der Waals surface area contributed by atoms with Gasteiger partial charge >= 0.3 is 5.97 Å². The van der Waals surface area contributed by atoms with Crippen LogP contribution in [0.3, 0.4) is 0 Å². The smallest absolute Gasteiger partial charge is 0.307 e. The summed E-state index contributed by atoms with van der Waals surface area (Å²) in [6, 6.07) is 0. The van der Waals surface area contributed by atoms with Gasteiger partial charge in [0.05, 0.1) is 11.3 Å². The fourth-order valence-corrected chi connectivity index (χ4v) is 1.70. The van der Waals surface area contributed by atoms with Crippen molar-refractivity contribution in [2.75, 3.05) is 0 Å². The molecule has 0 amide bonds. The minimum absolute atomic E-state index is 0.138. The van der Waals surface area contributed by atoms with Crippen LogP contribution in [0.4, 0.5) is 14.5 Å². The van der Waals surface area contributed by atoms with Crippen LogP contribution in [0.1, 0.15) is 17.6 Å². The normalized spacial score (nSPS) is 10.6. The Labute approximate surface area is 102 Å². The number of nitrogens with zero attached hydrogens (tertiary/aromatic N) is 2. The van der Waals surface area contributed by atoms with E-state index < -0.39 is 35.0 Å². The molecule has 0 spiro atoms. The molecule has 0 fully saturated rings. The predicted octanol–water partition coefficient (Wildman–Crippen LogP) is 2.32. The largest absolute Gasteiger partial charge is 0.481 e. The molecule has 0 unspecified atom stereocenters. The van der Waals surface area contributed by atoms with Crippen molar-refractivity contribution in [3.05, 3.63) is 32.0 Å². The van der Waals surface area contributed by atoms with Crippen LogP contribution in [0.15, 0.2) is 10.8 Å². The van der Waals surface area contributed by atoms with Crippen molar-refractivity contribution >= 4 is 27.6 Å². The Morgan fingerprint density at radius 2 is 2.24 bits per heavy atom. The Bertz CT molecular complexity index is 481. The highest BCUT2D eigenvalue weighted by Crippen LogP contribution is 2.34. The highest BCUT2D eigenvalue weighted by Gasteiger charge is 2.28. The van der Waals surface area contributed by atoms with Gasteiger partial charge in [0.15, 0.2) is 0 Å². The Hall–Kier alpha value is -1.64. The highest BCUT2D eigenvalue weighted by molar-refractivity contribution is 9.10. The number of nitro groups is 1. The molecule has 0 aromatic carbocycles. The van der Waals surface area contributed by atoms with Crippen LogP contribution >= 0.6 is 15.9 Å². The SMILES string of the molecule is O=C(O)Cc1c(Br)ncc([N+](=O)[O-])c1C(F)F. The number of aliphatic carboxylic acids is 1. The molecule has 0 saturated heterocycles. The quantitative estimate of drug-likeness (QED) is 0.523. The summed E-state index contributed by atoms with van der Waals surface area (Å²) in [4.78, 5) is 23.5. The zero-order valence-electron chi connectivity index (χ0n) is 8.06. The van der Waals surface area contributed by atoms with Crippen LogP contribution in [0.5, 0.6) is 0 Å². The van der Waals surface area contributed by atoms with Gasteiger partial charge < -0.3 is 5.11 Å². The van der Waals surface area contributed by atoms with E-state index in [0.29, 0.717) is 6.20 Å². The highest BCUT2D eigenvalue weighted by atomic mass is 79.9. The average Bonchev–Trinajstić information content (AvgIpc) is 2.19. The molecule has 1 aromatic rings. The van der Waals surface area contributed by atoms with Crippen molar-refractivity contribution in [2.24, 2.45) is 0 Å². The first-order valence-electron chi connectivity index (χ1n) is 4.16. The monoisotopic (exact) mass is 310 g/mol. The fraction of sp³-hybridized carbons (Fsp3) is 0.250. The van der Waals surface area contributed by atoms with Gasteiger partial charge in [-0.05, 0) is 15.9 Å². The third-order valence-corrected chi connectivity index (χ3v) is 2.58. The van der Waals surface area contributed by atoms with Gasteiger partial charge in [0, 0.05) is 5.56 Å². The van der Waals surface area contributed by atoms with E-state index in [1.807, 2.05) is 0 Å². The summed E-state index contributed by atoms with van der Waals surface area (Å²) in [5, 5.41) is 19.1. The number of carboxylic acid groups (broad SMARTS) is 1. The van der Waals surface area contributed by atoms with Crippen molar-refractivity contribution in [1.82, 2.24) is 4.98 Å². The number of hydrogen-bond donors (Lipinski definition) is 1. The van der Waals surface area contributed by atoms with E-state index in [1.54, 1.807) is 0 Å². The van der Waals surface area contributed by atoms with Crippen LogP contribution in [-0.2, 0) is 11.2 Å². The molecule has 1 aromatic heterocycles. The van der Waals surface area contributed by atoms with Crippen molar-refractivity contribution in [3.8, 4) is 0 Å². The maximum atomic E-state index is 12.7. The summed E-state index contributed by atoms with van der Waals surface area (Å²) in [6.45, 7) is 0. The Morgan fingerprint density at radius 3 is 2.65 bits per heavy atom. The van der Waals surface area contributed by atoms with E-state index >= 15 is 0 Å². The van der Waals surface area contributed by atoms with Gasteiger partial charge in [-0.2, -0.15) is 0 Å². The molecule has 0 atom stereocenters. The fourth-order valence-electron chi connectivity index (χ4n) is 1.24. The third-order valence-electron chi connectivity index (χ3n) is 1.89. The molecule has 0 aliphatic heterocycles. The summed E-state index contributed by atoms with van der Waals surface area (Å²) >= 11 is 2.80. The predicted molar refractivity (Wildman–Crippen MR) is 54.9 cm³/mol. The number of halogens is 3. The van der Waals surface area contributed by atoms with Crippen molar-refractivity contribution < 1.29 is 23.6 Å². The maximum absolute atomic E-state index is 12.7. The molecule has 1 N–H and O–H groups in total. The van der Waals surface area contributed by atoms with E-state index in [0.717, 1.165) is 0 Å². The van der Waals surface area contributed by atoms with Gasteiger partial charge in [-0.3, -0.25) is 14.9 Å². The molecular weight excluding hydrogens is 306 g/mol. The molecule has 1 heterocycles. The number of alkyl halides is 2.